The van der Waals surface area contributed by atoms with Gasteiger partial charge >= 0.3 is 0 Å². The molecule has 0 radical (unpaired) electrons. The molecule has 5 heteroatoms. The second kappa shape index (κ2) is 7.62. The molecule has 128 valence electrons. The van der Waals surface area contributed by atoms with Gasteiger partial charge in [-0.3, -0.25) is 4.79 Å². The molecule has 2 aromatic rings. The maximum Gasteiger partial charge on any atom is 0.248 e. The molecule has 1 amide bonds. The van der Waals surface area contributed by atoms with Gasteiger partial charge in [-0.2, -0.15) is 0 Å². The molecule has 0 bridgehead atoms. The van der Waals surface area contributed by atoms with Crippen LogP contribution in [0.2, 0.25) is 0 Å². The largest absolute Gasteiger partial charge is 0.372 e. The fourth-order valence-corrected chi connectivity index (χ4v) is 3.26. The number of amides is 1. The van der Waals surface area contributed by atoms with E-state index in [1.807, 2.05) is 36.2 Å². The van der Waals surface area contributed by atoms with Crippen LogP contribution < -0.4 is 0 Å². The maximum absolute atomic E-state index is 12.1. The smallest absolute Gasteiger partial charge is 0.248 e. The number of benzene rings is 1. The highest BCUT2D eigenvalue weighted by Gasteiger charge is 2.27. The molecule has 1 aromatic carbocycles. The number of ether oxygens (including phenoxy) is 1. The fourth-order valence-electron chi connectivity index (χ4n) is 3.26. The van der Waals surface area contributed by atoms with Crippen LogP contribution in [0, 0.1) is 12.8 Å². The average molecular weight is 327 g/mol. The van der Waals surface area contributed by atoms with Gasteiger partial charge in [-0.25, -0.2) is 4.98 Å². The summed E-state index contributed by atoms with van der Waals surface area (Å²) in [5.74, 6) is 1.57. The van der Waals surface area contributed by atoms with Crippen molar-refractivity contribution >= 4 is 5.91 Å². The van der Waals surface area contributed by atoms with E-state index in [1.165, 1.54) is 0 Å². The Kier molecular flexibility index (Phi) is 5.30. The zero-order valence-corrected chi connectivity index (χ0v) is 14.4. The summed E-state index contributed by atoms with van der Waals surface area (Å²) in [6, 6.07) is 10.3. The van der Waals surface area contributed by atoms with Crippen LogP contribution in [0.5, 0.6) is 0 Å². The van der Waals surface area contributed by atoms with E-state index >= 15 is 0 Å². The third-order valence-electron chi connectivity index (χ3n) is 4.60. The van der Waals surface area contributed by atoms with Gasteiger partial charge in [0.2, 0.25) is 5.91 Å². The Hall–Kier alpha value is -2.14. The van der Waals surface area contributed by atoms with Gasteiger partial charge in [-0.15, -0.1) is 0 Å². The summed E-state index contributed by atoms with van der Waals surface area (Å²) in [5, 5.41) is 0. The molecule has 1 aromatic heterocycles. The molecule has 1 atom stereocenters. The number of imidazole rings is 1. The van der Waals surface area contributed by atoms with Crippen LogP contribution in [0.4, 0.5) is 0 Å². The highest BCUT2D eigenvalue weighted by Crippen LogP contribution is 2.24. The number of rotatable bonds is 6. The minimum absolute atomic E-state index is 0.102. The van der Waals surface area contributed by atoms with E-state index in [0.717, 1.165) is 43.1 Å². The van der Waals surface area contributed by atoms with Crippen LogP contribution >= 0.6 is 0 Å². The number of hydrogen-bond donors (Lipinski definition) is 0. The van der Waals surface area contributed by atoms with Crippen molar-refractivity contribution in [1.29, 1.82) is 0 Å². The van der Waals surface area contributed by atoms with Crippen LogP contribution in [-0.4, -0.2) is 46.7 Å². The number of aryl methyl sites for hydroxylation is 1. The van der Waals surface area contributed by atoms with E-state index in [0.29, 0.717) is 12.5 Å². The van der Waals surface area contributed by atoms with Crippen molar-refractivity contribution in [1.82, 2.24) is 14.5 Å². The molecule has 1 aliphatic heterocycles. The van der Waals surface area contributed by atoms with Crippen molar-refractivity contribution in [3.05, 3.63) is 42.2 Å². The minimum Gasteiger partial charge on any atom is -0.372 e. The Morgan fingerprint density at radius 3 is 2.88 bits per heavy atom. The molecule has 0 spiro atoms. The van der Waals surface area contributed by atoms with Crippen molar-refractivity contribution in [2.45, 2.75) is 26.8 Å². The number of carbonyl (C=O) groups excluding carboxylic acids is 1. The van der Waals surface area contributed by atoms with E-state index in [4.69, 9.17) is 4.74 Å². The van der Waals surface area contributed by atoms with Gasteiger partial charge in [-0.1, -0.05) is 30.3 Å². The van der Waals surface area contributed by atoms with E-state index < -0.39 is 0 Å². The van der Waals surface area contributed by atoms with Crippen LogP contribution in [0.15, 0.2) is 36.5 Å². The second-order valence-electron chi connectivity index (χ2n) is 6.33. The van der Waals surface area contributed by atoms with Gasteiger partial charge in [0.05, 0.1) is 0 Å². The molecule has 2 heterocycles. The molecule has 5 nitrogen and oxygen atoms in total. The monoisotopic (exact) mass is 327 g/mol. The van der Waals surface area contributed by atoms with Crippen molar-refractivity contribution in [2.24, 2.45) is 5.92 Å². The first-order valence-corrected chi connectivity index (χ1v) is 8.62. The maximum atomic E-state index is 12.1. The molecule has 3 rings (SSSR count). The zero-order valence-electron chi connectivity index (χ0n) is 14.4. The summed E-state index contributed by atoms with van der Waals surface area (Å²) in [4.78, 5) is 18.6. The Morgan fingerprint density at radius 2 is 2.12 bits per heavy atom. The normalized spacial score (nSPS) is 17.4. The van der Waals surface area contributed by atoms with Crippen molar-refractivity contribution in [3.8, 4) is 11.4 Å². The molecule has 0 aliphatic carbocycles. The van der Waals surface area contributed by atoms with Gasteiger partial charge in [0.25, 0.3) is 0 Å². The average Bonchev–Trinajstić information content (AvgIpc) is 3.22. The first-order valence-electron chi connectivity index (χ1n) is 8.62. The molecule has 1 aliphatic rings. The zero-order chi connectivity index (χ0) is 16.9. The third-order valence-corrected chi connectivity index (χ3v) is 4.60. The summed E-state index contributed by atoms with van der Waals surface area (Å²) >= 11 is 0. The lowest BCUT2D eigenvalue weighted by atomic mass is 10.1. The Labute approximate surface area is 143 Å². The quantitative estimate of drug-likeness (QED) is 0.819. The first kappa shape index (κ1) is 16.7. The fraction of sp³-hybridized carbons (Fsp3) is 0.474. The Bertz CT molecular complexity index is 681. The number of aromatic nitrogens is 2. The number of nitrogens with zero attached hydrogens (tertiary/aromatic N) is 3. The predicted octanol–water partition coefficient (Wildman–Crippen LogP) is 2.74. The summed E-state index contributed by atoms with van der Waals surface area (Å²) in [7, 11) is 0. The summed E-state index contributed by atoms with van der Waals surface area (Å²) < 4.78 is 7.51. The molecule has 24 heavy (non-hydrogen) atoms. The molecule has 0 N–H and O–H groups in total. The lowest BCUT2D eigenvalue weighted by molar-refractivity contribution is -0.135. The minimum atomic E-state index is 0.102. The molecular weight excluding hydrogens is 302 g/mol. The molecular formula is C19H25N3O2. The molecule has 1 saturated heterocycles. The number of carbonyl (C=O) groups is 1. The van der Waals surface area contributed by atoms with E-state index in [1.54, 1.807) is 0 Å². The van der Waals surface area contributed by atoms with Gasteiger partial charge in [0.15, 0.2) is 0 Å². The summed E-state index contributed by atoms with van der Waals surface area (Å²) in [6.07, 6.45) is 2.96. The van der Waals surface area contributed by atoms with Gasteiger partial charge < -0.3 is 14.2 Å². The lowest BCUT2D eigenvalue weighted by Crippen LogP contribution is -2.32. The van der Waals surface area contributed by atoms with Gasteiger partial charge in [0, 0.05) is 43.7 Å². The predicted molar refractivity (Wildman–Crippen MR) is 93.6 cm³/mol. The second-order valence-corrected chi connectivity index (χ2v) is 6.33. The van der Waals surface area contributed by atoms with Gasteiger partial charge in [-0.05, 0) is 26.2 Å². The third kappa shape index (κ3) is 3.67. The number of hydrogen-bond acceptors (Lipinski definition) is 3. The Balaban J connectivity index is 1.67. The topological polar surface area (TPSA) is 47.4 Å². The first-order chi connectivity index (χ1) is 11.7. The summed E-state index contributed by atoms with van der Waals surface area (Å²) in [6.45, 7) is 7.30. The van der Waals surface area contributed by atoms with Crippen molar-refractivity contribution in [3.63, 3.8) is 0 Å². The van der Waals surface area contributed by atoms with Crippen LogP contribution in [-0.2, 0) is 16.1 Å². The summed E-state index contributed by atoms with van der Waals surface area (Å²) in [5.41, 5.74) is 2.29. The Morgan fingerprint density at radius 1 is 1.33 bits per heavy atom. The molecule has 1 unspecified atom stereocenters. The van der Waals surface area contributed by atoms with Crippen molar-refractivity contribution in [2.75, 3.05) is 26.3 Å². The van der Waals surface area contributed by atoms with E-state index in [2.05, 4.69) is 28.6 Å². The standard InChI is InChI=1S/C19H25N3O2/c1-3-24-14-18(23)21-10-9-16(12-21)13-22-15(2)11-20-19(22)17-7-5-4-6-8-17/h4-8,11,16H,3,9-10,12-14H2,1-2H3. The van der Waals surface area contributed by atoms with Crippen LogP contribution in [0.1, 0.15) is 19.0 Å². The highest BCUT2D eigenvalue weighted by atomic mass is 16.5. The van der Waals surface area contributed by atoms with Crippen molar-refractivity contribution < 1.29 is 9.53 Å². The van der Waals surface area contributed by atoms with Crippen LogP contribution in [0.3, 0.4) is 0 Å². The molecule has 1 fully saturated rings. The highest BCUT2D eigenvalue weighted by molar-refractivity contribution is 5.77. The van der Waals surface area contributed by atoms with E-state index in [9.17, 15) is 4.79 Å². The molecule has 0 saturated carbocycles. The van der Waals surface area contributed by atoms with E-state index in [-0.39, 0.29) is 12.5 Å². The van der Waals surface area contributed by atoms with Gasteiger partial charge in [0.1, 0.15) is 12.4 Å². The number of likely N-dealkylation sites (tertiary alicyclic amines) is 1. The lowest BCUT2D eigenvalue weighted by Gasteiger charge is -2.18. The van der Waals surface area contributed by atoms with Crippen LogP contribution in [0.25, 0.3) is 11.4 Å². The SMILES string of the molecule is CCOCC(=O)N1CCC(Cn2c(C)cnc2-c2ccccc2)C1.